The van der Waals surface area contributed by atoms with Crippen LogP contribution in [0.4, 0.5) is 0 Å². The Bertz CT molecular complexity index is 766. The van der Waals surface area contributed by atoms with Crippen molar-refractivity contribution in [2.75, 3.05) is 13.2 Å². The third kappa shape index (κ3) is 5.46. The lowest BCUT2D eigenvalue weighted by molar-refractivity contribution is -0.326. The molecule has 6 N–H and O–H groups in total. The topological polar surface area (TPSA) is 157 Å². The van der Waals surface area contributed by atoms with Gasteiger partial charge in [-0.3, -0.25) is 0 Å². The summed E-state index contributed by atoms with van der Waals surface area (Å²) >= 11 is 0. The SMILES string of the molecule is CC(CCCO)C[C@@H]1C(C(=O)O)=CCC2C(C)(C)[C@H](O[C@H]3O[C@H](CO)[C@@H](O)[C@H](O)[C@H]3O)CC[C@]21C. The van der Waals surface area contributed by atoms with Crippen molar-refractivity contribution in [3.63, 3.8) is 0 Å². The predicted molar refractivity (Wildman–Crippen MR) is 127 cm³/mol. The molecule has 0 aromatic heterocycles. The van der Waals surface area contributed by atoms with Crippen LogP contribution in [0.25, 0.3) is 0 Å². The van der Waals surface area contributed by atoms with Crippen molar-refractivity contribution in [3.8, 4) is 0 Å². The Morgan fingerprint density at radius 3 is 2.46 bits per heavy atom. The standard InChI is InChI=1S/C26H44O9/c1-14(6-5-11-27)12-16-15(23(32)33)7-8-18-25(2,3)19(9-10-26(16,18)4)35-24-22(31)21(30)20(29)17(13-28)34-24/h7,14,16-22,24,27-31H,5-6,8-13H2,1-4H3,(H,32,33)/t14?,16-,17-,18?,19-,20-,21+,22-,24-,26+/m1/s1. The number of carboxylic acids is 1. The summed E-state index contributed by atoms with van der Waals surface area (Å²) in [5.41, 5.74) is -0.197. The van der Waals surface area contributed by atoms with Crippen molar-refractivity contribution < 1.29 is 44.9 Å². The first-order valence-corrected chi connectivity index (χ1v) is 12.9. The zero-order valence-electron chi connectivity index (χ0n) is 21.3. The van der Waals surface area contributed by atoms with Crippen molar-refractivity contribution in [3.05, 3.63) is 11.6 Å². The highest BCUT2D eigenvalue weighted by Crippen LogP contribution is 2.61. The molecule has 35 heavy (non-hydrogen) atoms. The molecule has 2 aliphatic carbocycles. The third-order valence-electron chi connectivity index (χ3n) is 9.10. The van der Waals surface area contributed by atoms with Crippen molar-refractivity contribution in [2.45, 2.75) is 103 Å². The Morgan fingerprint density at radius 1 is 1.17 bits per heavy atom. The largest absolute Gasteiger partial charge is 0.478 e. The molecule has 0 aromatic rings. The minimum absolute atomic E-state index is 0.108. The number of hydrogen-bond donors (Lipinski definition) is 6. The van der Waals surface area contributed by atoms with Gasteiger partial charge in [0.2, 0.25) is 0 Å². The lowest BCUT2D eigenvalue weighted by Crippen LogP contribution is -2.62. The fourth-order valence-electron chi connectivity index (χ4n) is 6.97. The third-order valence-corrected chi connectivity index (χ3v) is 9.10. The number of hydrogen-bond acceptors (Lipinski definition) is 8. The van der Waals surface area contributed by atoms with Gasteiger partial charge in [-0.05, 0) is 67.1 Å². The summed E-state index contributed by atoms with van der Waals surface area (Å²) in [4.78, 5) is 12.2. The Morgan fingerprint density at radius 2 is 1.86 bits per heavy atom. The summed E-state index contributed by atoms with van der Waals surface area (Å²) in [7, 11) is 0. The lowest BCUT2D eigenvalue weighted by Gasteiger charge is -2.59. The summed E-state index contributed by atoms with van der Waals surface area (Å²) in [6.07, 6.45) is -0.888. The molecule has 1 saturated heterocycles. The van der Waals surface area contributed by atoms with Gasteiger partial charge in [-0.15, -0.1) is 0 Å². The first-order valence-electron chi connectivity index (χ1n) is 12.9. The van der Waals surface area contributed by atoms with Crippen molar-refractivity contribution >= 4 is 5.97 Å². The maximum Gasteiger partial charge on any atom is 0.331 e. The molecule has 0 radical (unpaired) electrons. The smallest absolute Gasteiger partial charge is 0.331 e. The first-order chi connectivity index (χ1) is 16.4. The van der Waals surface area contributed by atoms with Crippen molar-refractivity contribution in [2.24, 2.45) is 28.6 Å². The van der Waals surface area contributed by atoms with E-state index in [1.54, 1.807) is 0 Å². The van der Waals surface area contributed by atoms with Crippen LogP contribution in [0.5, 0.6) is 0 Å². The van der Waals surface area contributed by atoms with Crippen LogP contribution in [-0.4, -0.2) is 86.6 Å². The molecular formula is C26H44O9. The van der Waals surface area contributed by atoms with E-state index in [0.29, 0.717) is 24.8 Å². The van der Waals surface area contributed by atoms with Crippen LogP contribution < -0.4 is 0 Å². The van der Waals surface area contributed by atoms with E-state index in [1.807, 2.05) is 6.08 Å². The van der Waals surface area contributed by atoms with Gasteiger partial charge in [0.1, 0.15) is 24.4 Å². The maximum absolute atomic E-state index is 12.2. The number of carbonyl (C=O) groups is 1. The molecule has 0 spiro atoms. The fourth-order valence-corrected chi connectivity index (χ4v) is 6.97. The molecule has 2 unspecified atom stereocenters. The molecule has 1 aliphatic heterocycles. The van der Waals surface area contributed by atoms with Crippen LogP contribution in [0.3, 0.4) is 0 Å². The highest BCUT2D eigenvalue weighted by atomic mass is 16.7. The number of rotatable bonds is 9. The Kier molecular flexibility index (Phi) is 9.06. The molecule has 9 heteroatoms. The summed E-state index contributed by atoms with van der Waals surface area (Å²) in [5, 5.41) is 59.4. The van der Waals surface area contributed by atoms with Gasteiger partial charge >= 0.3 is 5.97 Å². The van der Waals surface area contributed by atoms with Gasteiger partial charge in [0.25, 0.3) is 0 Å². The summed E-state index contributed by atoms with van der Waals surface area (Å²) in [5.74, 6) is -0.616. The van der Waals surface area contributed by atoms with Gasteiger partial charge in [-0.2, -0.15) is 0 Å². The molecule has 9 nitrogen and oxygen atoms in total. The molecule has 202 valence electrons. The number of carboxylic acid groups (broad SMARTS) is 1. The normalized spacial score (nSPS) is 42.1. The second-order valence-electron chi connectivity index (χ2n) is 11.7. The fraction of sp³-hybridized carbons (Fsp3) is 0.885. The molecule has 0 bridgehead atoms. The van der Waals surface area contributed by atoms with Crippen LogP contribution >= 0.6 is 0 Å². The first kappa shape index (κ1) is 28.5. The Labute approximate surface area is 207 Å². The maximum atomic E-state index is 12.2. The molecular weight excluding hydrogens is 456 g/mol. The van der Waals surface area contributed by atoms with Crippen LogP contribution in [-0.2, 0) is 14.3 Å². The van der Waals surface area contributed by atoms with Gasteiger partial charge in [-0.1, -0.05) is 33.8 Å². The molecule has 1 saturated carbocycles. The van der Waals surface area contributed by atoms with Gasteiger partial charge in [0.05, 0.1) is 12.7 Å². The van der Waals surface area contributed by atoms with Gasteiger partial charge in [0.15, 0.2) is 6.29 Å². The number of ether oxygens (including phenoxy) is 2. The monoisotopic (exact) mass is 500 g/mol. The second kappa shape index (κ2) is 11.1. The molecule has 2 fully saturated rings. The van der Waals surface area contributed by atoms with Crippen LogP contribution in [0.15, 0.2) is 11.6 Å². The number of aliphatic hydroxyl groups is 5. The van der Waals surface area contributed by atoms with Gasteiger partial charge in [-0.25, -0.2) is 4.79 Å². The van der Waals surface area contributed by atoms with E-state index in [9.17, 15) is 35.4 Å². The van der Waals surface area contributed by atoms with Crippen LogP contribution in [0.2, 0.25) is 0 Å². The zero-order chi connectivity index (χ0) is 26.1. The lowest BCUT2D eigenvalue weighted by atomic mass is 9.47. The van der Waals surface area contributed by atoms with Crippen molar-refractivity contribution in [1.29, 1.82) is 0 Å². The predicted octanol–water partition coefficient (Wildman–Crippen LogP) is 1.44. The summed E-state index contributed by atoms with van der Waals surface area (Å²) in [6, 6.07) is 0. The molecule has 10 atom stereocenters. The van der Waals surface area contributed by atoms with E-state index in [1.165, 1.54) is 0 Å². The molecule has 3 rings (SSSR count). The minimum atomic E-state index is -1.50. The summed E-state index contributed by atoms with van der Waals surface area (Å²) in [6.45, 7) is 8.09. The second-order valence-corrected chi connectivity index (χ2v) is 11.7. The van der Waals surface area contributed by atoms with Gasteiger partial charge in [0, 0.05) is 12.2 Å². The molecule has 1 heterocycles. The van der Waals surface area contributed by atoms with E-state index in [2.05, 4.69) is 27.7 Å². The molecule has 3 aliphatic rings. The average molecular weight is 501 g/mol. The number of aliphatic carboxylic acids is 1. The summed E-state index contributed by atoms with van der Waals surface area (Å²) < 4.78 is 11.8. The average Bonchev–Trinajstić information content (AvgIpc) is 2.80. The van der Waals surface area contributed by atoms with Crippen LogP contribution in [0, 0.1) is 28.6 Å². The zero-order valence-corrected chi connectivity index (χ0v) is 21.3. The van der Waals surface area contributed by atoms with E-state index in [0.717, 1.165) is 19.3 Å². The van der Waals surface area contributed by atoms with E-state index < -0.39 is 48.7 Å². The number of aliphatic hydroxyl groups excluding tert-OH is 5. The van der Waals surface area contributed by atoms with E-state index in [4.69, 9.17) is 9.47 Å². The highest BCUT2D eigenvalue weighted by molar-refractivity contribution is 5.87. The highest BCUT2D eigenvalue weighted by Gasteiger charge is 2.58. The van der Waals surface area contributed by atoms with E-state index >= 15 is 0 Å². The van der Waals surface area contributed by atoms with E-state index in [-0.39, 0.29) is 35.9 Å². The minimum Gasteiger partial charge on any atom is -0.478 e. The molecule has 0 aromatic carbocycles. The van der Waals surface area contributed by atoms with Crippen molar-refractivity contribution in [1.82, 2.24) is 0 Å². The quantitative estimate of drug-likeness (QED) is 0.276. The van der Waals surface area contributed by atoms with Crippen LogP contribution in [0.1, 0.15) is 66.2 Å². The number of fused-ring (bicyclic) bond motifs is 1. The number of allylic oxidation sites excluding steroid dienone is 1. The molecule has 0 amide bonds. The Hall–Kier alpha value is -1.07. The Balaban J connectivity index is 1.83. The van der Waals surface area contributed by atoms with Gasteiger partial charge < -0.3 is 40.1 Å².